The predicted molar refractivity (Wildman–Crippen MR) is 95.5 cm³/mol. The first-order valence-corrected chi connectivity index (χ1v) is 8.88. The maximum atomic E-state index is 12.5. The van der Waals surface area contributed by atoms with Crippen molar-refractivity contribution in [2.75, 3.05) is 23.8 Å². The molecule has 1 aliphatic rings. The van der Waals surface area contributed by atoms with Crippen LogP contribution in [0.2, 0.25) is 0 Å². The van der Waals surface area contributed by atoms with E-state index in [-0.39, 0.29) is 12.5 Å². The molecule has 0 aliphatic carbocycles. The monoisotopic (exact) mass is 327 g/mol. The third-order valence-electron chi connectivity index (χ3n) is 3.94. The fourth-order valence-corrected chi connectivity index (χ4v) is 3.60. The molecule has 0 N–H and O–H groups in total. The molecule has 1 aliphatic heterocycles. The number of ether oxygens (including phenoxy) is 1. The zero-order chi connectivity index (χ0) is 16.2. The SMILES string of the molecule is CC(C)c1ccc(OCC(=O)N2CCSc3ccccc32)cc1. The first-order chi connectivity index (χ1) is 11.1. The van der Waals surface area contributed by atoms with Gasteiger partial charge in [-0.3, -0.25) is 4.79 Å². The molecule has 0 unspecified atom stereocenters. The molecule has 0 spiro atoms. The third-order valence-corrected chi connectivity index (χ3v) is 4.98. The van der Waals surface area contributed by atoms with Crippen LogP contribution in [0.3, 0.4) is 0 Å². The Labute approximate surface area is 141 Å². The molecule has 0 atom stereocenters. The topological polar surface area (TPSA) is 29.5 Å². The van der Waals surface area contributed by atoms with E-state index in [2.05, 4.69) is 32.0 Å². The number of fused-ring (bicyclic) bond motifs is 1. The van der Waals surface area contributed by atoms with Crippen molar-refractivity contribution in [1.82, 2.24) is 0 Å². The minimum Gasteiger partial charge on any atom is -0.484 e. The Balaban J connectivity index is 1.64. The summed E-state index contributed by atoms with van der Waals surface area (Å²) in [5.41, 5.74) is 2.26. The number of thioether (sulfide) groups is 1. The van der Waals surface area contributed by atoms with E-state index in [1.54, 1.807) is 11.8 Å². The smallest absolute Gasteiger partial charge is 0.264 e. The Bertz CT molecular complexity index is 682. The number of rotatable bonds is 4. The van der Waals surface area contributed by atoms with Crippen molar-refractivity contribution in [2.45, 2.75) is 24.7 Å². The average molecular weight is 327 g/mol. The highest BCUT2D eigenvalue weighted by atomic mass is 32.2. The number of benzene rings is 2. The van der Waals surface area contributed by atoms with Gasteiger partial charge in [0, 0.05) is 17.2 Å². The minimum absolute atomic E-state index is 0.00526. The molecule has 0 fully saturated rings. The van der Waals surface area contributed by atoms with Crippen LogP contribution >= 0.6 is 11.8 Å². The molecule has 2 aromatic carbocycles. The minimum atomic E-state index is 0.00526. The van der Waals surface area contributed by atoms with Gasteiger partial charge in [-0.2, -0.15) is 0 Å². The summed E-state index contributed by atoms with van der Waals surface area (Å²) < 4.78 is 5.67. The Morgan fingerprint density at radius 2 is 1.91 bits per heavy atom. The Kier molecular flexibility index (Phi) is 4.91. The van der Waals surface area contributed by atoms with E-state index in [4.69, 9.17) is 4.74 Å². The first kappa shape index (κ1) is 15.9. The van der Waals surface area contributed by atoms with Crippen LogP contribution in [-0.2, 0) is 4.79 Å². The zero-order valence-electron chi connectivity index (χ0n) is 13.5. The number of para-hydroxylation sites is 1. The molecule has 4 heteroatoms. The summed E-state index contributed by atoms with van der Waals surface area (Å²) in [6.45, 7) is 5.12. The number of amides is 1. The van der Waals surface area contributed by atoms with Crippen LogP contribution in [0.4, 0.5) is 5.69 Å². The largest absolute Gasteiger partial charge is 0.484 e. The van der Waals surface area contributed by atoms with Gasteiger partial charge in [0.05, 0.1) is 5.69 Å². The van der Waals surface area contributed by atoms with Crippen LogP contribution in [-0.4, -0.2) is 24.8 Å². The molecule has 3 nitrogen and oxygen atoms in total. The zero-order valence-corrected chi connectivity index (χ0v) is 14.3. The van der Waals surface area contributed by atoms with Crippen molar-refractivity contribution >= 4 is 23.4 Å². The summed E-state index contributed by atoms with van der Waals surface area (Å²) in [7, 11) is 0. The maximum Gasteiger partial charge on any atom is 0.264 e. The van der Waals surface area contributed by atoms with Crippen molar-refractivity contribution < 1.29 is 9.53 Å². The highest BCUT2D eigenvalue weighted by molar-refractivity contribution is 7.99. The average Bonchev–Trinajstić information content (AvgIpc) is 2.59. The van der Waals surface area contributed by atoms with Crippen LogP contribution in [0.15, 0.2) is 53.4 Å². The van der Waals surface area contributed by atoms with E-state index in [1.807, 2.05) is 35.2 Å². The Hall–Kier alpha value is -1.94. The molecule has 120 valence electrons. The lowest BCUT2D eigenvalue weighted by molar-refractivity contribution is -0.120. The van der Waals surface area contributed by atoms with Crippen molar-refractivity contribution in [2.24, 2.45) is 0 Å². The first-order valence-electron chi connectivity index (χ1n) is 7.90. The molecule has 0 radical (unpaired) electrons. The molecule has 23 heavy (non-hydrogen) atoms. The molecule has 0 bridgehead atoms. The highest BCUT2D eigenvalue weighted by Crippen LogP contribution is 2.34. The Morgan fingerprint density at radius 1 is 1.17 bits per heavy atom. The fourth-order valence-electron chi connectivity index (χ4n) is 2.60. The summed E-state index contributed by atoms with van der Waals surface area (Å²) in [5.74, 6) is 2.16. The number of anilines is 1. The van der Waals surface area contributed by atoms with Crippen molar-refractivity contribution in [1.29, 1.82) is 0 Å². The molecule has 1 amide bonds. The lowest BCUT2D eigenvalue weighted by Gasteiger charge is -2.28. The summed E-state index contributed by atoms with van der Waals surface area (Å²) in [5, 5.41) is 0. The van der Waals surface area contributed by atoms with Crippen LogP contribution in [0, 0.1) is 0 Å². The predicted octanol–water partition coefficient (Wildman–Crippen LogP) is 4.33. The van der Waals surface area contributed by atoms with Crippen LogP contribution in [0.5, 0.6) is 5.75 Å². The fraction of sp³-hybridized carbons (Fsp3) is 0.316. The van der Waals surface area contributed by atoms with Gasteiger partial charge in [0.25, 0.3) is 5.91 Å². The van der Waals surface area contributed by atoms with Crippen molar-refractivity contribution in [3.63, 3.8) is 0 Å². The summed E-state index contributed by atoms with van der Waals surface area (Å²) in [6.07, 6.45) is 0. The van der Waals surface area contributed by atoms with Crippen LogP contribution in [0.25, 0.3) is 0 Å². The normalized spacial score (nSPS) is 13.8. The number of hydrogen-bond acceptors (Lipinski definition) is 3. The molecular weight excluding hydrogens is 306 g/mol. The molecule has 0 saturated carbocycles. The van der Waals surface area contributed by atoms with E-state index in [1.165, 1.54) is 5.56 Å². The maximum absolute atomic E-state index is 12.5. The van der Waals surface area contributed by atoms with E-state index in [9.17, 15) is 4.79 Å². The summed E-state index contributed by atoms with van der Waals surface area (Å²) >= 11 is 1.79. The van der Waals surface area contributed by atoms with Gasteiger partial charge >= 0.3 is 0 Å². The third kappa shape index (κ3) is 3.70. The lowest BCUT2D eigenvalue weighted by Crippen LogP contribution is -2.38. The van der Waals surface area contributed by atoms with Crippen molar-refractivity contribution in [3.05, 3.63) is 54.1 Å². The number of nitrogens with zero attached hydrogens (tertiary/aromatic N) is 1. The number of carbonyl (C=O) groups excluding carboxylic acids is 1. The van der Waals surface area contributed by atoms with Gasteiger partial charge in [-0.15, -0.1) is 11.8 Å². The quantitative estimate of drug-likeness (QED) is 0.837. The highest BCUT2D eigenvalue weighted by Gasteiger charge is 2.22. The van der Waals surface area contributed by atoms with Gasteiger partial charge in [-0.05, 0) is 35.7 Å². The van der Waals surface area contributed by atoms with Gasteiger partial charge in [0.2, 0.25) is 0 Å². The van der Waals surface area contributed by atoms with Gasteiger partial charge in [0.1, 0.15) is 5.75 Å². The van der Waals surface area contributed by atoms with Gasteiger partial charge < -0.3 is 9.64 Å². The Morgan fingerprint density at radius 3 is 2.65 bits per heavy atom. The second-order valence-corrected chi connectivity index (χ2v) is 7.01. The van der Waals surface area contributed by atoms with E-state index < -0.39 is 0 Å². The molecular formula is C19H21NO2S. The standard InChI is InChI=1S/C19H21NO2S/c1-14(2)15-7-9-16(10-8-15)22-13-19(21)20-11-12-23-18-6-4-3-5-17(18)20/h3-10,14H,11-13H2,1-2H3. The number of carbonyl (C=O) groups is 1. The molecule has 1 heterocycles. The van der Waals surface area contributed by atoms with Crippen LogP contribution < -0.4 is 9.64 Å². The lowest BCUT2D eigenvalue weighted by atomic mass is 10.0. The molecule has 2 aromatic rings. The van der Waals surface area contributed by atoms with Gasteiger partial charge in [0.15, 0.2) is 6.61 Å². The molecule has 0 saturated heterocycles. The summed E-state index contributed by atoms with van der Waals surface area (Å²) in [4.78, 5) is 15.5. The second kappa shape index (κ2) is 7.09. The molecule has 3 rings (SSSR count). The van der Waals surface area contributed by atoms with E-state index in [0.717, 1.165) is 28.6 Å². The number of hydrogen-bond donors (Lipinski definition) is 0. The summed E-state index contributed by atoms with van der Waals surface area (Å²) in [6, 6.07) is 16.0. The van der Waals surface area contributed by atoms with E-state index >= 15 is 0 Å². The second-order valence-electron chi connectivity index (χ2n) is 5.87. The van der Waals surface area contributed by atoms with Gasteiger partial charge in [-0.25, -0.2) is 0 Å². The van der Waals surface area contributed by atoms with Gasteiger partial charge in [-0.1, -0.05) is 38.1 Å². The molecule has 0 aromatic heterocycles. The van der Waals surface area contributed by atoms with E-state index in [0.29, 0.717) is 5.92 Å². The van der Waals surface area contributed by atoms with Crippen molar-refractivity contribution in [3.8, 4) is 5.75 Å². The van der Waals surface area contributed by atoms with Crippen LogP contribution in [0.1, 0.15) is 25.3 Å².